The number of rotatable bonds is 6. The van der Waals surface area contributed by atoms with Gasteiger partial charge in [0.2, 0.25) is 11.8 Å². The van der Waals surface area contributed by atoms with Crippen molar-refractivity contribution in [2.24, 2.45) is 5.73 Å². The normalized spacial score (nSPS) is 18.0. The zero-order valence-corrected chi connectivity index (χ0v) is 21.8. The van der Waals surface area contributed by atoms with Crippen LogP contribution in [0.3, 0.4) is 0 Å². The van der Waals surface area contributed by atoms with Gasteiger partial charge in [0.1, 0.15) is 31.1 Å². The summed E-state index contributed by atoms with van der Waals surface area (Å²) >= 11 is 0. The van der Waals surface area contributed by atoms with Crippen LogP contribution in [0.15, 0.2) is 60.7 Å². The molecule has 6 rings (SSSR count). The number of alkyl halides is 1. The van der Waals surface area contributed by atoms with E-state index in [1.54, 1.807) is 54.6 Å². The lowest BCUT2D eigenvalue weighted by Crippen LogP contribution is -2.44. The topological polar surface area (TPSA) is 132 Å². The van der Waals surface area contributed by atoms with Gasteiger partial charge in [-0.3, -0.25) is 19.1 Å². The number of para-hydroxylation sites is 1. The number of nitrogens with zero attached hydrogens (tertiary/aromatic N) is 3. The van der Waals surface area contributed by atoms with Crippen molar-refractivity contribution >= 4 is 40.0 Å². The van der Waals surface area contributed by atoms with Gasteiger partial charge in [-0.05, 0) is 29.8 Å². The average molecular weight is 561 g/mol. The Morgan fingerprint density at radius 1 is 1.12 bits per heavy atom. The molecule has 2 aliphatic rings. The molecule has 0 unspecified atom stereocenters. The standard InChI is InChI=1S/C29H26F2N6O4/c30-17-13-23(36(14-17)25(38)15-37-22-7-2-1-4-19(22)27(35-37)28(32)39)29(40)34-20-6-3-5-18(26(20)31)16-8-9-24-21(12-16)33-10-11-41-24/h1-9,12,17,23,33H,10-11,13-15H2,(H2,32,39)(H,34,40)/t17-,23+/m1/s1. The molecule has 2 atom stereocenters. The first kappa shape index (κ1) is 26.2. The Morgan fingerprint density at radius 2 is 1.95 bits per heavy atom. The second-order valence-corrected chi connectivity index (χ2v) is 9.93. The second-order valence-electron chi connectivity index (χ2n) is 9.93. The Balaban J connectivity index is 1.22. The van der Waals surface area contributed by atoms with E-state index < -0.39 is 35.8 Å². The summed E-state index contributed by atoms with van der Waals surface area (Å²) in [5, 5.41) is 10.4. The number of halogens is 2. The van der Waals surface area contributed by atoms with Crippen molar-refractivity contribution in [2.75, 3.05) is 30.3 Å². The molecule has 4 aromatic rings. The van der Waals surface area contributed by atoms with E-state index in [0.29, 0.717) is 35.4 Å². The summed E-state index contributed by atoms with van der Waals surface area (Å²) in [5.74, 6) is -2.03. The quantitative estimate of drug-likeness (QED) is 0.332. The highest BCUT2D eigenvalue weighted by molar-refractivity contribution is 6.04. The number of carbonyl (C=O) groups is 3. The van der Waals surface area contributed by atoms with Gasteiger partial charge in [0, 0.05) is 23.9 Å². The van der Waals surface area contributed by atoms with Gasteiger partial charge in [0.25, 0.3) is 5.91 Å². The Morgan fingerprint density at radius 3 is 2.78 bits per heavy atom. The molecule has 0 aliphatic carbocycles. The first-order chi connectivity index (χ1) is 19.8. The highest BCUT2D eigenvalue weighted by Gasteiger charge is 2.40. The minimum atomic E-state index is -1.44. The van der Waals surface area contributed by atoms with Gasteiger partial charge in [-0.1, -0.05) is 36.4 Å². The molecule has 3 amide bonds. The molecule has 10 nitrogen and oxygen atoms in total. The van der Waals surface area contributed by atoms with Crippen molar-refractivity contribution in [2.45, 2.75) is 25.2 Å². The zero-order chi connectivity index (χ0) is 28.7. The number of hydrogen-bond donors (Lipinski definition) is 3. The number of aromatic nitrogens is 2. The lowest BCUT2D eigenvalue weighted by molar-refractivity contribution is -0.137. The molecular formula is C29H26F2N6O4. The summed E-state index contributed by atoms with van der Waals surface area (Å²) in [6, 6.07) is 15.4. The average Bonchev–Trinajstić information content (AvgIpc) is 3.55. The predicted octanol–water partition coefficient (Wildman–Crippen LogP) is 3.32. The van der Waals surface area contributed by atoms with Crippen LogP contribution in [0.4, 0.5) is 20.2 Å². The van der Waals surface area contributed by atoms with E-state index in [1.165, 1.54) is 10.7 Å². The largest absolute Gasteiger partial charge is 0.490 e. The summed E-state index contributed by atoms with van der Waals surface area (Å²) in [5.41, 5.74) is 7.43. The van der Waals surface area contributed by atoms with Gasteiger partial charge in [0.15, 0.2) is 11.5 Å². The van der Waals surface area contributed by atoms with Crippen molar-refractivity contribution in [3.63, 3.8) is 0 Å². The van der Waals surface area contributed by atoms with E-state index in [2.05, 4.69) is 15.7 Å². The molecule has 41 heavy (non-hydrogen) atoms. The van der Waals surface area contributed by atoms with Crippen molar-refractivity contribution in [1.29, 1.82) is 0 Å². The predicted molar refractivity (Wildman–Crippen MR) is 148 cm³/mol. The smallest absolute Gasteiger partial charge is 0.269 e. The van der Waals surface area contributed by atoms with Gasteiger partial charge in [0.05, 0.1) is 23.4 Å². The monoisotopic (exact) mass is 560 g/mol. The third kappa shape index (κ3) is 4.92. The van der Waals surface area contributed by atoms with Crippen LogP contribution in [0.2, 0.25) is 0 Å². The van der Waals surface area contributed by atoms with E-state index in [9.17, 15) is 18.8 Å². The SMILES string of the molecule is NC(=O)c1nn(CC(=O)N2C[C@H](F)C[C@H]2C(=O)Nc2cccc(-c3ccc4c(c3)NCCO4)c2F)c2ccccc12. The number of likely N-dealkylation sites (tertiary alicyclic amines) is 1. The summed E-state index contributed by atoms with van der Waals surface area (Å²) in [6.07, 6.45) is -1.67. The van der Waals surface area contributed by atoms with Gasteiger partial charge < -0.3 is 26.0 Å². The Labute approximate surface area is 233 Å². The molecule has 1 aromatic heterocycles. The van der Waals surface area contributed by atoms with Crippen molar-refractivity contribution < 1.29 is 27.9 Å². The maximum atomic E-state index is 15.6. The lowest BCUT2D eigenvalue weighted by atomic mass is 10.0. The fourth-order valence-electron chi connectivity index (χ4n) is 5.33. The van der Waals surface area contributed by atoms with Crippen LogP contribution in [0.5, 0.6) is 5.75 Å². The van der Waals surface area contributed by atoms with Crippen molar-refractivity contribution in [1.82, 2.24) is 14.7 Å². The second kappa shape index (κ2) is 10.5. The van der Waals surface area contributed by atoms with Crippen molar-refractivity contribution in [3.8, 4) is 16.9 Å². The number of nitrogens with one attached hydrogen (secondary N) is 2. The van der Waals surface area contributed by atoms with E-state index in [4.69, 9.17) is 10.5 Å². The van der Waals surface area contributed by atoms with Crippen LogP contribution >= 0.6 is 0 Å². The van der Waals surface area contributed by atoms with Crippen molar-refractivity contribution in [3.05, 3.63) is 72.2 Å². The van der Waals surface area contributed by atoms with E-state index in [-0.39, 0.29) is 36.5 Å². The molecule has 0 radical (unpaired) electrons. The van der Waals surface area contributed by atoms with Crippen LogP contribution in [0.25, 0.3) is 22.0 Å². The highest BCUT2D eigenvalue weighted by Crippen LogP contribution is 2.35. The first-order valence-corrected chi connectivity index (χ1v) is 13.1. The molecule has 3 heterocycles. The number of anilines is 2. The van der Waals surface area contributed by atoms with E-state index in [1.807, 2.05) is 0 Å². The fourth-order valence-corrected chi connectivity index (χ4v) is 5.33. The molecule has 4 N–H and O–H groups in total. The number of ether oxygens (including phenoxy) is 1. The van der Waals surface area contributed by atoms with E-state index >= 15 is 4.39 Å². The number of nitrogens with two attached hydrogens (primary N) is 1. The van der Waals surface area contributed by atoms with Crippen LogP contribution in [0.1, 0.15) is 16.9 Å². The molecule has 210 valence electrons. The number of fused-ring (bicyclic) bond motifs is 2. The van der Waals surface area contributed by atoms with Gasteiger partial charge >= 0.3 is 0 Å². The zero-order valence-electron chi connectivity index (χ0n) is 21.8. The molecule has 1 fully saturated rings. The summed E-state index contributed by atoms with van der Waals surface area (Å²) in [4.78, 5) is 39.5. The molecule has 2 aliphatic heterocycles. The van der Waals surface area contributed by atoms with Crippen LogP contribution in [-0.4, -0.2) is 64.3 Å². The molecule has 12 heteroatoms. The maximum absolute atomic E-state index is 15.6. The van der Waals surface area contributed by atoms with Crippen LogP contribution in [0, 0.1) is 5.82 Å². The Hall–Kier alpha value is -5.00. The van der Waals surface area contributed by atoms with Gasteiger partial charge in [-0.15, -0.1) is 0 Å². The Bertz CT molecular complexity index is 1690. The summed E-state index contributed by atoms with van der Waals surface area (Å²) in [7, 11) is 0. The molecule has 0 saturated carbocycles. The van der Waals surface area contributed by atoms with E-state index in [0.717, 1.165) is 10.6 Å². The summed E-state index contributed by atoms with van der Waals surface area (Å²) in [6.45, 7) is 0.523. The number of carbonyl (C=O) groups excluding carboxylic acids is 3. The molecule has 0 bridgehead atoms. The fraction of sp³-hybridized carbons (Fsp3) is 0.241. The van der Waals surface area contributed by atoms with Gasteiger partial charge in [-0.25, -0.2) is 8.78 Å². The highest BCUT2D eigenvalue weighted by atomic mass is 19.1. The molecule has 0 spiro atoms. The van der Waals surface area contributed by atoms with Crippen LogP contribution in [-0.2, 0) is 16.1 Å². The number of hydrogen-bond acceptors (Lipinski definition) is 6. The first-order valence-electron chi connectivity index (χ1n) is 13.1. The summed E-state index contributed by atoms with van der Waals surface area (Å²) < 4.78 is 37.0. The molecular weight excluding hydrogens is 534 g/mol. The van der Waals surface area contributed by atoms with Gasteiger partial charge in [-0.2, -0.15) is 5.10 Å². The molecule has 3 aromatic carbocycles. The minimum Gasteiger partial charge on any atom is -0.490 e. The number of benzene rings is 3. The lowest BCUT2D eigenvalue weighted by Gasteiger charge is -2.24. The Kier molecular flexibility index (Phi) is 6.73. The third-order valence-corrected chi connectivity index (χ3v) is 7.27. The number of primary amides is 1. The molecule has 1 saturated heterocycles. The third-order valence-electron chi connectivity index (χ3n) is 7.27. The number of amides is 3. The maximum Gasteiger partial charge on any atom is 0.269 e. The van der Waals surface area contributed by atoms with Crippen LogP contribution < -0.4 is 21.1 Å². The minimum absolute atomic E-state index is 0.00470.